The number of rotatable bonds is 4. The van der Waals surface area contributed by atoms with Crippen LogP contribution < -0.4 is 0 Å². The van der Waals surface area contributed by atoms with Gasteiger partial charge >= 0.3 is 0 Å². The predicted molar refractivity (Wildman–Crippen MR) is 57.3 cm³/mol. The molecule has 0 saturated carbocycles. The van der Waals surface area contributed by atoms with Crippen LogP contribution >= 0.6 is 0 Å². The van der Waals surface area contributed by atoms with Crippen LogP contribution in [-0.2, 0) is 0 Å². The van der Waals surface area contributed by atoms with E-state index in [-0.39, 0.29) is 6.10 Å². The van der Waals surface area contributed by atoms with Gasteiger partial charge in [0.05, 0.1) is 6.10 Å². The highest BCUT2D eigenvalue weighted by atomic mass is 16.3. The topological polar surface area (TPSA) is 26.7 Å². The Kier molecular flexibility index (Phi) is 3.42. The quantitative estimate of drug-likeness (QED) is 0.714. The SMILES string of the molecule is CC(O)CCN1CCC(N2CCC2)C1. The Morgan fingerprint density at radius 2 is 2.14 bits per heavy atom. The number of nitrogens with zero attached hydrogens (tertiary/aromatic N) is 2. The first-order chi connectivity index (χ1) is 6.75. The summed E-state index contributed by atoms with van der Waals surface area (Å²) in [5, 5.41) is 9.21. The van der Waals surface area contributed by atoms with Gasteiger partial charge < -0.3 is 10.0 Å². The van der Waals surface area contributed by atoms with Crippen LogP contribution in [0.25, 0.3) is 0 Å². The zero-order chi connectivity index (χ0) is 9.97. The van der Waals surface area contributed by atoms with Crippen LogP contribution in [0, 0.1) is 0 Å². The molecule has 0 radical (unpaired) electrons. The van der Waals surface area contributed by atoms with Crippen molar-refractivity contribution in [3.05, 3.63) is 0 Å². The molecule has 3 nitrogen and oxygen atoms in total. The van der Waals surface area contributed by atoms with Crippen molar-refractivity contribution in [3.8, 4) is 0 Å². The first-order valence-corrected chi connectivity index (χ1v) is 5.90. The van der Waals surface area contributed by atoms with Gasteiger partial charge in [-0.15, -0.1) is 0 Å². The molecule has 2 saturated heterocycles. The molecular formula is C11H22N2O. The second-order valence-electron chi connectivity index (χ2n) is 4.77. The first-order valence-electron chi connectivity index (χ1n) is 5.90. The van der Waals surface area contributed by atoms with E-state index in [1.165, 1.54) is 39.0 Å². The fourth-order valence-electron chi connectivity index (χ4n) is 2.39. The van der Waals surface area contributed by atoms with Gasteiger partial charge in [0.25, 0.3) is 0 Å². The maximum Gasteiger partial charge on any atom is 0.0524 e. The van der Waals surface area contributed by atoms with Crippen LogP contribution in [-0.4, -0.2) is 59.8 Å². The zero-order valence-electron chi connectivity index (χ0n) is 9.15. The van der Waals surface area contributed by atoms with Crippen LogP contribution in [0.3, 0.4) is 0 Å². The molecule has 0 aliphatic carbocycles. The average molecular weight is 198 g/mol. The highest BCUT2D eigenvalue weighted by Gasteiger charge is 2.30. The summed E-state index contributed by atoms with van der Waals surface area (Å²) in [5.74, 6) is 0. The van der Waals surface area contributed by atoms with Crippen molar-refractivity contribution in [1.82, 2.24) is 9.80 Å². The van der Waals surface area contributed by atoms with Gasteiger partial charge in [-0.25, -0.2) is 0 Å². The average Bonchev–Trinajstić information content (AvgIpc) is 2.46. The molecule has 2 aliphatic rings. The molecule has 0 amide bonds. The van der Waals surface area contributed by atoms with Crippen molar-refractivity contribution < 1.29 is 5.11 Å². The van der Waals surface area contributed by atoms with Crippen LogP contribution in [0.1, 0.15) is 26.2 Å². The summed E-state index contributed by atoms with van der Waals surface area (Å²) in [6, 6.07) is 0.817. The Hall–Kier alpha value is -0.120. The second-order valence-corrected chi connectivity index (χ2v) is 4.77. The van der Waals surface area contributed by atoms with Crippen LogP contribution in [0.2, 0.25) is 0 Å². The molecule has 0 aromatic rings. The van der Waals surface area contributed by atoms with E-state index < -0.39 is 0 Å². The lowest BCUT2D eigenvalue weighted by Gasteiger charge is -2.36. The minimum atomic E-state index is -0.141. The van der Waals surface area contributed by atoms with E-state index in [1.54, 1.807) is 0 Å². The molecule has 2 unspecified atom stereocenters. The molecule has 0 spiro atoms. The fourth-order valence-corrected chi connectivity index (χ4v) is 2.39. The van der Waals surface area contributed by atoms with E-state index in [0.29, 0.717) is 0 Å². The first kappa shape index (κ1) is 10.4. The lowest BCUT2D eigenvalue weighted by molar-refractivity contribution is 0.116. The Labute approximate surface area is 86.7 Å². The normalized spacial score (nSPS) is 31.7. The monoisotopic (exact) mass is 198 g/mol. The molecule has 14 heavy (non-hydrogen) atoms. The van der Waals surface area contributed by atoms with E-state index in [4.69, 9.17) is 0 Å². The van der Waals surface area contributed by atoms with Crippen LogP contribution in [0.5, 0.6) is 0 Å². The Bertz CT molecular complexity index is 180. The third-order valence-corrected chi connectivity index (χ3v) is 3.52. The summed E-state index contributed by atoms with van der Waals surface area (Å²) in [4.78, 5) is 5.10. The maximum absolute atomic E-state index is 9.21. The Balaban J connectivity index is 1.66. The fraction of sp³-hybridized carbons (Fsp3) is 1.00. The minimum Gasteiger partial charge on any atom is -0.393 e. The van der Waals surface area contributed by atoms with Gasteiger partial charge in [-0.05, 0) is 45.8 Å². The van der Waals surface area contributed by atoms with Gasteiger partial charge in [0.15, 0.2) is 0 Å². The molecule has 2 heterocycles. The van der Waals surface area contributed by atoms with Gasteiger partial charge in [0.1, 0.15) is 0 Å². The summed E-state index contributed by atoms with van der Waals surface area (Å²) in [6.07, 6.45) is 3.51. The molecule has 1 N–H and O–H groups in total. The summed E-state index contributed by atoms with van der Waals surface area (Å²) in [6.45, 7) is 8.04. The standard InChI is InChI=1S/C11H22N2O/c1-10(14)3-7-12-8-4-11(9-12)13-5-2-6-13/h10-11,14H,2-9H2,1H3. The molecule has 2 rings (SSSR count). The summed E-state index contributed by atoms with van der Waals surface area (Å²) in [5.41, 5.74) is 0. The van der Waals surface area contributed by atoms with E-state index in [1.807, 2.05) is 6.92 Å². The van der Waals surface area contributed by atoms with Gasteiger partial charge in [-0.3, -0.25) is 4.90 Å². The lowest BCUT2D eigenvalue weighted by atomic mass is 10.1. The summed E-state index contributed by atoms with van der Waals surface area (Å²) in [7, 11) is 0. The summed E-state index contributed by atoms with van der Waals surface area (Å²) < 4.78 is 0. The Morgan fingerprint density at radius 1 is 1.36 bits per heavy atom. The number of aliphatic hydroxyl groups is 1. The van der Waals surface area contributed by atoms with Crippen molar-refractivity contribution in [3.63, 3.8) is 0 Å². The largest absolute Gasteiger partial charge is 0.393 e. The minimum absolute atomic E-state index is 0.141. The lowest BCUT2D eigenvalue weighted by Crippen LogP contribution is -2.46. The van der Waals surface area contributed by atoms with Crippen molar-refractivity contribution >= 4 is 0 Å². The molecule has 82 valence electrons. The smallest absolute Gasteiger partial charge is 0.0524 e. The molecule has 2 fully saturated rings. The highest BCUT2D eigenvalue weighted by Crippen LogP contribution is 2.20. The molecule has 0 aromatic carbocycles. The van der Waals surface area contributed by atoms with Crippen molar-refractivity contribution in [2.45, 2.75) is 38.3 Å². The molecule has 2 atom stereocenters. The van der Waals surface area contributed by atoms with Crippen LogP contribution in [0.4, 0.5) is 0 Å². The van der Waals surface area contributed by atoms with Crippen molar-refractivity contribution in [2.24, 2.45) is 0 Å². The molecule has 2 aliphatic heterocycles. The van der Waals surface area contributed by atoms with Crippen LogP contribution in [0.15, 0.2) is 0 Å². The predicted octanol–water partition coefficient (Wildman–Crippen LogP) is 0.537. The number of aliphatic hydroxyl groups excluding tert-OH is 1. The van der Waals surface area contributed by atoms with Gasteiger partial charge in [-0.2, -0.15) is 0 Å². The third kappa shape index (κ3) is 2.47. The number of likely N-dealkylation sites (tertiary alicyclic amines) is 2. The van der Waals surface area contributed by atoms with E-state index >= 15 is 0 Å². The molecular weight excluding hydrogens is 176 g/mol. The molecule has 0 bridgehead atoms. The number of hydrogen-bond donors (Lipinski definition) is 1. The molecule has 0 aromatic heterocycles. The van der Waals surface area contributed by atoms with Gasteiger partial charge in [0.2, 0.25) is 0 Å². The van der Waals surface area contributed by atoms with Crippen molar-refractivity contribution in [1.29, 1.82) is 0 Å². The van der Waals surface area contributed by atoms with Crippen molar-refractivity contribution in [2.75, 3.05) is 32.7 Å². The second kappa shape index (κ2) is 4.60. The van der Waals surface area contributed by atoms with E-state index in [2.05, 4.69) is 9.80 Å². The maximum atomic E-state index is 9.21. The van der Waals surface area contributed by atoms with Gasteiger partial charge in [-0.1, -0.05) is 0 Å². The highest BCUT2D eigenvalue weighted by molar-refractivity contribution is 4.86. The van der Waals surface area contributed by atoms with E-state index in [9.17, 15) is 5.11 Å². The van der Waals surface area contributed by atoms with Gasteiger partial charge in [0, 0.05) is 19.1 Å². The zero-order valence-corrected chi connectivity index (χ0v) is 9.15. The summed E-state index contributed by atoms with van der Waals surface area (Å²) >= 11 is 0. The molecule has 3 heteroatoms. The number of hydrogen-bond acceptors (Lipinski definition) is 3. The Morgan fingerprint density at radius 3 is 2.71 bits per heavy atom. The third-order valence-electron chi connectivity index (χ3n) is 3.52. The van der Waals surface area contributed by atoms with E-state index in [0.717, 1.165) is 19.0 Å².